The van der Waals surface area contributed by atoms with Crippen molar-refractivity contribution in [3.8, 4) is 0 Å². The molecule has 0 aliphatic heterocycles. The third-order valence-electron chi connectivity index (χ3n) is 2.72. The van der Waals surface area contributed by atoms with E-state index in [4.69, 9.17) is 5.11 Å². The normalized spacial score (nSPS) is 10.2. The molecule has 4 nitrogen and oxygen atoms in total. The number of nitrogens with one attached hydrogen (secondary N) is 1. The fraction of sp³-hybridized carbons (Fsp3) is 0.143. The molecule has 0 radical (unpaired) electrons. The summed E-state index contributed by atoms with van der Waals surface area (Å²) in [6, 6.07) is 9.16. The molecule has 0 saturated carbocycles. The number of carbonyl (C=O) groups is 1. The number of carboxylic acid groups (broad SMARTS) is 1. The molecule has 0 fully saturated rings. The van der Waals surface area contributed by atoms with Crippen LogP contribution >= 0.6 is 15.9 Å². The number of aryl methyl sites for hydroxylation is 1. The van der Waals surface area contributed by atoms with Gasteiger partial charge < -0.3 is 10.4 Å². The van der Waals surface area contributed by atoms with Crippen molar-refractivity contribution in [2.45, 2.75) is 13.3 Å². The van der Waals surface area contributed by atoms with Gasteiger partial charge in [0.25, 0.3) is 0 Å². The summed E-state index contributed by atoms with van der Waals surface area (Å²) < 4.78 is 1.03. The lowest BCUT2D eigenvalue weighted by atomic mass is 10.1. The van der Waals surface area contributed by atoms with Gasteiger partial charge in [0.05, 0.1) is 5.56 Å². The van der Waals surface area contributed by atoms with E-state index in [-0.39, 0.29) is 5.56 Å². The van der Waals surface area contributed by atoms with Crippen LogP contribution in [-0.2, 0) is 6.42 Å². The van der Waals surface area contributed by atoms with E-state index in [9.17, 15) is 4.79 Å². The lowest BCUT2D eigenvalue weighted by Gasteiger charge is -2.10. The van der Waals surface area contributed by atoms with E-state index in [1.165, 1.54) is 17.8 Å². The smallest absolute Gasteiger partial charge is 0.337 e. The largest absolute Gasteiger partial charge is 0.478 e. The van der Waals surface area contributed by atoms with Crippen molar-refractivity contribution in [1.82, 2.24) is 4.98 Å². The number of hydrogen-bond acceptors (Lipinski definition) is 3. The molecule has 5 heteroatoms. The lowest BCUT2D eigenvalue weighted by Crippen LogP contribution is -2.00. The molecule has 0 atom stereocenters. The fourth-order valence-electron chi connectivity index (χ4n) is 1.71. The molecule has 1 heterocycles. The standard InChI is InChI=1S/C14H13BrN2O2/c1-2-9-7-11(15)4-5-12(9)17-13-6-3-10(8-16-13)14(18)19/h3-8H,2H2,1H3,(H,16,17)(H,18,19). The van der Waals surface area contributed by atoms with Gasteiger partial charge in [0, 0.05) is 16.4 Å². The number of pyridine rings is 1. The van der Waals surface area contributed by atoms with Gasteiger partial charge in [-0.1, -0.05) is 22.9 Å². The van der Waals surface area contributed by atoms with Gasteiger partial charge in [-0.05, 0) is 42.3 Å². The number of hydrogen-bond donors (Lipinski definition) is 2. The minimum Gasteiger partial charge on any atom is -0.478 e. The Bertz CT molecular complexity index is 597. The van der Waals surface area contributed by atoms with E-state index in [1.807, 2.05) is 18.2 Å². The highest BCUT2D eigenvalue weighted by molar-refractivity contribution is 9.10. The van der Waals surface area contributed by atoms with Gasteiger partial charge in [-0.15, -0.1) is 0 Å². The highest BCUT2D eigenvalue weighted by Gasteiger charge is 2.05. The van der Waals surface area contributed by atoms with Crippen LogP contribution in [0.15, 0.2) is 41.0 Å². The van der Waals surface area contributed by atoms with Gasteiger partial charge in [-0.3, -0.25) is 0 Å². The molecular weight excluding hydrogens is 308 g/mol. The van der Waals surface area contributed by atoms with Crippen molar-refractivity contribution >= 4 is 33.4 Å². The maximum Gasteiger partial charge on any atom is 0.337 e. The summed E-state index contributed by atoms with van der Waals surface area (Å²) in [6.45, 7) is 2.08. The van der Waals surface area contributed by atoms with Gasteiger partial charge in [-0.25, -0.2) is 9.78 Å². The van der Waals surface area contributed by atoms with Crippen molar-refractivity contribution in [2.24, 2.45) is 0 Å². The summed E-state index contributed by atoms with van der Waals surface area (Å²) in [5, 5.41) is 12.0. The van der Waals surface area contributed by atoms with Gasteiger partial charge in [0.15, 0.2) is 0 Å². The number of halogens is 1. The van der Waals surface area contributed by atoms with Crippen molar-refractivity contribution in [1.29, 1.82) is 0 Å². The Hall–Kier alpha value is -1.88. The van der Waals surface area contributed by atoms with Crippen LogP contribution in [-0.4, -0.2) is 16.1 Å². The predicted octanol–water partition coefficient (Wildman–Crippen LogP) is 3.85. The summed E-state index contributed by atoms with van der Waals surface area (Å²) in [4.78, 5) is 14.8. The average molecular weight is 321 g/mol. The molecule has 1 aromatic heterocycles. The Balaban J connectivity index is 2.23. The van der Waals surface area contributed by atoms with Crippen LogP contribution in [0.2, 0.25) is 0 Å². The van der Waals surface area contributed by atoms with Crippen LogP contribution in [0.1, 0.15) is 22.8 Å². The molecule has 2 aromatic rings. The minimum absolute atomic E-state index is 0.178. The molecule has 0 saturated heterocycles. The summed E-state index contributed by atoms with van der Waals surface area (Å²) in [5.41, 5.74) is 2.32. The minimum atomic E-state index is -0.975. The second kappa shape index (κ2) is 5.84. The second-order valence-electron chi connectivity index (χ2n) is 4.02. The number of nitrogens with zero attached hydrogens (tertiary/aromatic N) is 1. The highest BCUT2D eigenvalue weighted by Crippen LogP contribution is 2.24. The van der Waals surface area contributed by atoms with E-state index < -0.39 is 5.97 Å². The fourth-order valence-corrected chi connectivity index (χ4v) is 2.12. The molecule has 0 aliphatic carbocycles. The summed E-state index contributed by atoms with van der Waals surface area (Å²) in [5.74, 6) is -0.348. The first-order valence-electron chi connectivity index (χ1n) is 5.85. The van der Waals surface area contributed by atoms with Crippen LogP contribution in [0.3, 0.4) is 0 Å². The summed E-state index contributed by atoms with van der Waals surface area (Å²) in [7, 11) is 0. The Morgan fingerprint density at radius 2 is 2.16 bits per heavy atom. The number of rotatable bonds is 4. The van der Waals surface area contributed by atoms with Crippen LogP contribution in [0.4, 0.5) is 11.5 Å². The Labute approximate surface area is 119 Å². The molecular formula is C14H13BrN2O2. The first kappa shape index (κ1) is 13.5. The summed E-state index contributed by atoms with van der Waals surface area (Å²) >= 11 is 3.44. The zero-order valence-corrected chi connectivity index (χ0v) is 11.9. The van der Waals surface area contributed by atoms with Crippen LogP contribution < -0.4 is 5.32 Å². The van der Waals surface area contributed by atoms with Gasteiger partial charge in [0.1, 0.15) is 5.82 Å². The van der Waals surface area contributed by atoms with Gasteiger partial charge in [-0.2, -0.15) is 0 Å². The van der Waals surface area contributed by atoms with Crippen LogP contribution in [0.5, 0.6) is 0 Å². The number of anilines is 2. The molecule has 2 rings (SSSR count). The maximum absolute atomic E-state index is 10.7. The molecule has 98 valence electrons. The van der Waals surface area contributed by atoms with E-state index in [2.05, 4.69) is 33.2 Å². The Kier molecular flexibility index (Phi) is 4.16. The number of benzene rings is 1. The average Bonchev–Trinajstić information content (AvgIpc) is 2.41. The predicted molar refractivity (Wildman–Crippen MR) is 78.0 cm³/mol. The van der Waals surface area contributed by atoms with Crippen molar-refractivity contribution in [3.05, 3.63) is 52.1 Å². The number of aromatic carboxylic acids is 1. The van der Waals surface area contributed by atoms with E-state index >= 15 is 0 Å². The first-order chi connectivity index (χ1) is 9.10. The molecule has 0 bridgehead atoms. The van der Waals surface area contributed by atoms with Crippen molar-refractivity contribution < 1.29 is 9.90 Å². The second-order valence-corrected chi connectivity index (χ2v) is 4.93. The topological polar surface area (TPSA) is 62.2 Å². The van der Waals surface area contributed by atoms with Crippen molar-refractivity contribution in [2.75, 3.05) is 5.32 Å². The molecule has 0 aliphatic rings. The van der Waals surface area contributed by atoms with E-state index in [0.717, 1.165) is 16.6 Å². The van der Waals surface area contributed by atoms with Crippen LogP contribution in [0.25, 0.3) is 0 Å². The van der Waals surface area contributed by atoms with E-state index in [0.29, 0.717) is 5.82 Å². The quantitative estimate of drug-likeness (QED) is 0.898. The Morgan fingerprint density at radius 3 is 2.74 bits per heavy atom. The monoisotopic (exact) mass is 320 g/mol. The zero-order chi connectivity index (χ0) is 13.8. The third kappa shape index (κ3) is 3.32. The van der Waals surface area contributed by atoms with Crippen LogP contribution in [0, 0.1) is 0 Å². The van der Waals surface area contributed by atoms with Gasteiger partial charge in [0.2, 0.25) is 0 Å². The zero-order valence-electron chi connectivity index (χ0n) is 10.4. The van der Waals surface area contributed by atoms with Crippen molar-refractivity contribution in [3.63, 3.8) is 0 Å². The molecule has 19 heavy (non-hydrogen) atoms. The Morgan fingerprint density at radius 1 is 1.37 bits per heavy atom. The maximum atomic E-state index is 10.7. The number of aromatic nitrogens is 1. The molecule has 0 amide bonds. The molecule has 1 aromatic carbocycles. The highest BCUT2D eigenvalue weighted by atomic mass is 79.9. The SMILES string of the molecule is CCc1cc(Br)ccc1Nc1ccc(C(=O)O)cn1. The van der Waals surface area contributed by atoms with Gasteiger partial charge >= 0.3 is 5.97 Å². The number of carboxylic acids is 1. The summed E-state index contributed by atoms with van der Waals surface area (Å²) in [6.07, 6.45) is 2.24. The lowest BCUT2D eigenvalue weighted by molar-refractivity contribution is 0.0696. The first-order valence-corrected chi connectivity index (χ1v) is 6.64. The molecule has 2 N–H and O–H groups in total. The third-order valence-corrected chi connectivity index (χ3v) is 3.21. The van der Waals surface area contributed by atoms with E-state index in [1.54, 1.807) is 6.07 Å². The molecule has 0 unspecified atom stereocenters. The molecule has 0 spiro atoms.